The summed E-state index contributed by atoms with van der Waals surface area (Å²) in [5.41, 5.74) is 1.49. The van der Waals surface area contributed by atoms with Gasteiger partial charge in [0.1, 0.15) is 0 Å². The Balaban J connectivity index is 1.95. The molecule has 18 heavy (non-hydrogen) atoms. The Hall–Kier alpha value is -1.75. The fourth-order valence-corrected chi connectivity index (χ4v) is 2.33. The van der Waals surface area contributed by atoms with Crippen molar-refractivity contribution in [1.29, 1.82) is 0 Å². The Morgan fingerprint density at radius 2 is 2.11 bits per heavy atom. The molecule has 0 saturated carbocycles. The van der Waals surface area contributed by atoms with Crippen LogP contribution in [0.1, 0.15) is 22.8 Å². The van der Waals surface area contributed by atoms with Crippen molar-refractivity contribution in [2.45, 2.75) is 24.1 Å². The number of benzene rings is 1. The second kappa shape index (κ2) is 5.73. The molecule has 0 unspecified atom stereocenters. The molecule has 0 aliphatic rings. The molecule has 1 N–H and O–H groups in total. The van der Waals surface area contributed by atoms with E-state index in [0.717, 1.165) is 17.2 Å². The number of aromatic carboxylic acids is 1. The number of carboxylic acid groups (broad SMARTS) is 1. The molecule has 0 amide bonds. The average Bonchev–Trinajstić information content (AvgIpc) is 2.85. The van der Waals surface area contributed by atoms with Crippen molar-refractivity contribution < 1.29 is 9.90 Å². The molecular formula is C13H14N2O2S. The fourth-order valence-electron chi connectivity index (χ4n) is 1.51. The number of carboxylic acids is 1. The van der Waals surface area contributed by atoms with Gasteiger partial charge >= 0.3 is 5.97 Å². The van der Waals surface area contributed by atoms with E-state index in [1.807, 2.05) is 29.2 Å². The van der Waals surface area contributed by atoms with Gasteiger partial charge in [-0.25, -0.2) is 4.79 Å². The summed E-state index contributed by atoms with van der Waals surface area (Å²) >= 11 is 1.67. The van der Waals surface area contributed by atoms with Crippen molar-refractivity contribution in [2.24, 2.45) is 0 Å². The average molecular weight is 262 g/mol. The first kappa shape index (κ1) is 12.7. The molecule has 0 radical (unpaired) electrons. The van der Waals surface area contributed by atoms with Crippen LogP contribution in [0.4, 0.5) is 0 Å². The zero-order valence-corrected chi connectivity index (χ0v) is 10.9. The van der Waals surface area contributed by atoms with Gasteiger partial charge in [0.2, 0.25) is 0 Å². The Labute approximate surface area is 110 Å². The Morgan fingerprint density at radius 3 is 2.67 bits per heavy atom. The van der Waals surface area contributed by atoms with Crippen LogP contribution in [0.25, 0.3) is 0 Å². The fraction of sp³-hybridized carbons (Fsp3) is 0.231. The predicted molar refractivity (Wildman–Crippen MR) is 70.9 cm³/mol. The second-order valence-electron chi connectivity index (χ2n) is 3.82. The summed E-state index contributed by atoms with van der Waals surface area (Å²) in [4.78, 5) is 11.8. The van der Waals surface area contributed by atoms with Gasteiger partial charge in [0, 0.05) is 29.0 Å². The first-order valence-corrected chi connectivity index (χ1v) is 6.65. The zero-order valence-electron chi connectivity index (χ0n) is 10.0. The molecule has 0 aliphatic heterocycles. The third-order valence-corrected chi connectivity index (χ3v) is 3.60. The summed E-state index contributed by atoms with van der Waals surface area (Å²) in [6.45, 7) is 2.92. The van der Waals surface area contributed by atoms with Crippen molar-refractivity contribution in [1.82, 2.24) is 9.78 Å². The molecule has 1 aromatic carbocycles. The third kappa shape index (κ3) is 3.13. The van der Waals surface area contributed by atoms with Gasteiger partial charge < -0.3 is 5.11 Å². The number of rotatable bonds is 5. The Bertz CT molecular complexity index is 534. The number of thioether (sulfide) groups is 1. The molecule has 2 aromatic rings. The van der Waals surface area contributed by atoms with Crippen molar-refractivity contribution >= 4 is 17.7 Å². The van der Waals surface area contributed by atoms with E-state index in [-0.39, 0.29) is 0 Å². The number of aryl methyl sites for hydroxylation is 1. The summed E-state index contributed by atoms with van der Waals surface area (Å²) in [5, 5.41) is 13.0. The lowest BCUT2D eigenvalue weighted by Gasteiger charge is -2.00. The molecule has 0 atom stereocenters. The second-order valence-corrected chi connectivity index (χ2v) is 4.87. The summed E-state index contributed by atoms with van der Waals surface area (Å²) in [6, 6.07) is 6.91. The molecule has 0 spiro atoms. The molecule has 1 heterocycles. The molecular weight excluding hydrogens is 248 g/mol. The van der Waals surface area contributed by atoms with Crippen molar-refractivity contribution in [3.05, 3.63) is 47.8 Å². The first-order chi connectivity index (χ1) is 8.69. The van der Waals surface area contributed by atoms with Crippen LogP contribution in [-0.4, -0.2) is 20.9 Å². The van der Waals surface area contributed by atoms with Gasteiger partial charge in [-0.1, -0.05) is 0 Å². The molecule has 94 valence electrons. The monoisotopic (exact) mass is 262 g/mol. The number of aromatic nitrogens is 2. The molecule has 0 bridgehead atoms. The van der Waals surface area contributed by atoms with Crippen molar-refractivity contribution in [2.75, 3.05) is 0 Å². The maximum Gasteiger partial charge on any atom is 0.335 e. The predicted octanol–water partition coefficient (Wildman–Crippen LogP) is 2.89. The minimum Gasteiger partial charge on any atom is -0.478 e. The number of carbonyl (C=O) groups is 1. The summed E-state index contributed by atoms with van der Waals surface area (Å²) in [6.07, 6.45) is 3.89. The number of hydrogen-bond donors (Lipinski definition) is 1. The van der Waals surface area contributed by atoms with Crippen LogP contribution in [0.15, 0.2) is 41.6 Å². The highest BCUT2D eigenvalue weighted by Crippen LogP contribution is 2.22. The van der Waals surface area contributed by atoms with E-state index in [2.05, 4.69) is 12.0 Å². The van der Waals surface area contributed by atoms with E-state index < -0.39 is 5.97 Å². The van der Waals surface area contributed by atoms with Gasteiger partial charge in [-0.15, -0.1) is 11.8 Å². The number of nitrogens with zero attached hydrogens (tertiary/aromatic N) is 2. The van der Waals surface area contributed by atoms with Crippen LogP contribution in [-0.2, 0) is 12.3 Å². The normalized spacial score (nSPS) is 10.5. The molecule has 1 aromatic heterocycles. The van der Waals surface area contributed by atoms with E-state index >= 15 is 0 Å². The lowest BCUT2D eigenvalue weighted by molar-refractivity contribution is 0.0697. The van der Waals surface area contributed by atoms with Crippen molar-refractivity contribution in [3.8, 4) is 0 Å². The molecule has 5 heteroatoms. The highest BCUT2D eigenvalue weighted by molar-refractivity contribution is 7.98. The lowest BCUT2D eigenvalue weighted by Crippen LogP contribution is -1.94. The summed E-state index contributed by atoms with van der Waals surface area (Å²) in [7, 11) is 0. The Kier molecular flexibility index (Phi) is 4.04. The first-order valence-electron chi connectivity index (χ1n) is 5.66. The van der Waals surface area contributed by atoms with Gasteiger partial charge in [-0.2, -0.15) is 5.10 Å². The minimum absolute atomic E-state index is 0.318. The van der Waals surface area contributed by atoms with Crippen molar-refractivity contribution in [3.63, 3.8) is 0 Å². The van der Waals surface area contributed by atoms with Gasteiger partial charge in [-0.3, -0.25) is 4.68 Å². The van der Waals surface area contributed by atoms with Gasteiger partial charge in [0.25, 0.3) is 0 Å². The molecule has 0 fully saturated rings. The van der Waals surface area contributed by atoms with Crippen LogP contribution in [0, 0.1) is 0 Å². The van der Waals surface area contributed by atoms with Crippen LogP contribution in [0.3, 0.4) is 0 Å². The van der Waals surface area contributed by atoms with Gasteiger partial charge in [0.05, 0.1) is 11.8 Å². The van der Waals surface area contributed by atoms with E-state index in [0.29, 0.717) is 5.56 Å². The van der Waals surface area contributed by atoms with Crippen LogP contribution in [0.2, 0.25) is 0 Å². The Morgan fingerprint density at radius 1 is 1.39 bits per heavy atom. The SMILES string of the molecule is CCn1cc(CSc2ccc(C(=O)O)cc2)cn1. The zero-order chi connectivity index (χ0) is 13.0. The highest BCUT2D eigenvalue weighted by Gasteiger charge is 2.03. The maximum absolute atomic E-state index is 10.7. The topological polar surface area (TPSA) is 55.1 Å². The summed E-state index contributed by atoms with van der Waals surface area (Å²) in [5.74, 6) is -0.0531. The molecule has 0 saturated heterocycles. The van der Waals surface area contributed by atoms with Crippen LogP contribution < -0.4 is 0 Å². The third-order valence-electron chi connectivity index (χ3n) is 2.52. The van der Waals surface area contributed by atoms with Gasteiger partial charge in [0.15, 0.2) is 0 Å². The smallest absolute Gasteiger partial charge is 0.335 e. The number of hydrogen-bond acceptors (Lipinski definition) is 3. The highest BCUT2D eigenvalue weighted by atomic mass is 32.2. The quantitative estimate of drug-likeness (QED) is 0.842. The van der Waals surface area contributed by atoms with Crippen LogP contribution in [0.5, 0.6) is 0 Å². The van der Waals surface area contributed by atoms with E-state index in [9.17, 15) is 4.79 Å². The lowest BCUT2D eigenvalue weighted by atomic mass is 10.2. The largest absolute Gasteiger partial charge is 0.478 e. The van der Waals surface area contributed by atoms with E-state index in [1.165, 1.54) is 5.56 Å². The van der Waals surface area contributed by atoms with E-state index in [4.69, 9.17) is 5.11 Å². The standard InChI is InChI=1S/C13H14N2O2S/c1-2-15-8-10(7-14-15)9-18-12-5-3-11(4-6-12)13(16)17/h3-8H,2,9H2,1H3,(H,16,17). The molecule has 2 rings (SSSR count). The minimum atomic E-state index is -0.893. The van der Waals surface area contributed by atoms with Crippen LogP contribution >= 0.6 is 11.8 Å². The molecule has 0 aliphatic carbocycles. The van der Waals surface area contributed by atoms with E-state index in [1.54, 1.807) is 23.9 Å². The summed E-state index contributed by atoms with van der Waals surface area (Å²) < 4.78 is 1.89. The van der Waals surface area contributed by atoms with Gasteiger partial charge in [-0.05, 0) is 31.2 Å². The molecule has 4 nitrogen and oxygen atoms in total. The maximum atomic E-state index is 10.7.